The average Bonchev–Trinajstić information content (AvgIpc) is 2.89. The van der Waals surface area contributed by atoms with Crippen molar-refractivity contribution in [3.05, 3.63) is 11.6 Å². The van der Waals surface area contributed by atoms with Gasteiger partial charge in [0.25, 0.3) is 5.91 Å². The number of rotatable bonds is 4. The molecule has 0 aromatic carbocycles. The fraction of sp³-hybridized carbons (Fsp3) is 0.714. The minimum atomic E-state index is -0.797. The van der Waals surface area contributed by atoms with Crippen LogP contribution >= 0.6 is 0 Å². The Labute approximate surface area is 129 Å². The highest BCUT2D eigenvalue weighted by Crippen LogP contribution is 2.16. The molecule has 0 radical (unpaired) electrons. The predicted octanol–water partition coefficient (Wildman–Crippen LogP) is -0.179. The van der Waals surface area contributed by atoms with Crippen LogP contribution in [0.25, 0.3) is 0 Å². The number of carbonyl (C=O) groups is 2. The molecule has 2 aliphatic rings. The Bertz CT molecular complexity index is 608. The number of nitrogens with zero attached hydrogens (tertiary/aromatic N) is 4. The van der Waals surface area contributed by atoms with Crippen molar-refractivity contribution in [1.82, 2.24) is 30.3 Å². The number of hydrogen-bond acceptors (Lipinski definition) is 5. The number of aryl methyl sites for hydroxylation is 2. The third kappa shape index (κ3) is 2.70. The number of nitrogens with one attached hydrogen (secondary N) is 2. The fourth-order valence-electron chi connectivity index (χ4n) is 3.00. The second-order valence-corrected chi connectivity index (χ2v) is 6.46. The van der Waals surface area contributed by atoms with Crippen molar-refractivity contribution in [2.75, 3.05) is 13.1 Å². The van der Waals surface area contributed by atoms with Crippen LogP contribution in [0.2, 0.25) is 0 Å². The summed E-state index contributed by atoms with van der Waals surface area (Å²) in [4.78, 5) is 29.5. The van der Waals surface area contributed by atoms with Crippen LogP contribution in [0.5, 0.6) is 0 Å². The lowest BCUT2D eigenvalue weighted by molar-refractivity contribution is -0.130. The average molecular weight is 306 g/mol. The minimum absolute atomic E-state index is 0.169. The van der Waals surface area contributed by atoms with E-state index in [4.69, 9.17) is 0 Å². The van der Waals surface area contributed by atoms with Crippen LogP contribution in [-0.4, -0.2) is 56.3 Å². The third-order valence-corrected chi connectivity index (χ3v) is 4.18. The molecule has 3 rings (SSSR count). The van der Waals surface area contributed by atoms with E-state index in [2.05, 4.69) is 20.7 Å². The van der Waals surface area contributed by atoms with Gasteiger partial charge in [0.2, 0.25) is 0 Å². The van der Waals surface area contributed by atoms with Crippen LogP contribution < -0.4 is 10.6 Å². The maximum atomic E-state index is 12.1. The molecule has 0 saturated carbocycles. The zero-order valence-corrected chi connectivity index (χ0v) is 13.2. The number of urea groups is 1. The zero-order chi connectivity index (χ0) is 15.9. The topological polar surface area (TPSA) is 92.2 Å². The monoisotopic (exact) mass is 306 g/mol. The lowest BCUT2D eigenvalue weighted by atomic mass is 10.1. The quantitative estimate of drug-likeness (QED) is 0.753. The van der Waals surface area contributed by atoms with E-state index in [9.17, 15) is 9.59 Å². The molecule has 120 valence electrons. The number of amides is 3. The Morgan fingerprint density at radius 2 is 2.18 bits per heavy atom. The van der Waals surface area contributed by atoms with Crippen LogP contribution in [0.4, 0.5) is 4.79 Å². The van der Waals surface area contributed by atoms with E-state index in [1.165, 1.54) is 4.90 Å². The Morgan fingerprint density at radius 1 is 1.41 bits per heavy atom. The van der Waals surface area contributed by atoms with Crippen molar-refractivity contribution >= 4 is 11.9 Å². The van der Waals surface area contributed by atoms with Gasteiger partial charge in [0.1, 0.15) is 17.2 Å². The van der Waals surface area contributed by atoms with E-state index in [1.54, 1.807) is 13.8 Å². The van der Waals surface area contributed by atoms with Crippen LogP contribution in [0.15, 0.2) is 0 Å². The normalized spacial score (nSPS) is 23.6. The summed E-state index contributed by atoms with van der Waals surface area (Å²) in [5.41, 5.74) is -0.797. The van der Waals surface area contributed by atoms with Gasteiger partial charge in [-0.25, -0.2) is 14.5 Å². The van der Waals surface area contributed by atoms with E-state index in [0.717, 1.165) is 31.0 Å². The first kappa shape index (κ1) is 15.0. The van der Waals surface area contributed by atoms with E-state index >= 15 is 0 Å². The van der Waals surface area contributed by atoms with Gasteiger partial charge in [-0.1, -0.05) is 0 Å². The summed E-state index contributed by atoms with van der Waals surface area (Å²) in [6.07, 6.45) is 1.89. The van der Waals surface area contributed by atoms with Crippen molar-refractivity contribution in [1.29, 1.82) is 0 Å². The molecule has 1 aromatic heterocycles. The van der Waals surface area contributed by atoms with Crippen molar-refractivity contribution in [3.63, 3.8) is 0 Å². The molecule has 0 unspecified atom stereocenters. The summed E-state index contributed by atoms with van der Waals surface area (Å²) in [7, 11) is 0. The molecule has 3 amide bonds. The van der Waals surface area contributed by atoms with Gasteiger partial charge in [0, 0.05) is 25.6 Å². The summed E-state index contributed by atoms with van der Waals surface area (Å²) >= 11 is 0. The molecule has 0 aliphatic carbocycles. The summed E-state index contributed by atoms with van der Waals surface area (Å²) in [5.74, 6) is 1.67. The van der Waals surface area contributed by atoms with E-state index < -0.39 is 5.54 Å². The molecule has 3 heterocycles. The molecule has 1 fully saturated rings. The highest BCUT2D eigenvalue weighted by atomic mass is 16.2. The van der Waals surface area contributed by atoms with Gasteiger partial charge >= 0.3 is 6.03 Å². The first-order valence-electron chi connectivity index (χ1n) is 7.64. The van der Waals surface area contributed by atoms with Gasteiger partial charge < -0.3 is 10.6 Å². The molecule has 2 aliphatic heterocycles. The maximum absolute atomic E-state index is 12.1. The molecule has 2 N–H and O–H groups in total. The first-order chi connectivity index (χ1) is 10.4. The van der Waals surface area contributed by atoms with E-state index in [1.807, 2.05) is 11.6 Å². The highest BCUT2D eigenvalue weighted by molar-refractivity contribution is 6.06. The van der Waals surface area contributed by atoms with Crippen LogP contribution in [0.3, 0.4) is 0 Å². The maximum Gasteiger partial charge on any atom is 0.325 e. The van der Waals surface area contributed by atoms with Crippen LogP contribution in [0, 0.1) is 6.92 Å². The Morgan fingerprint density at radius 3 is 2.86 bits per heavy atom. The van der Waals surface area contributed by atoms with Gasteiger partial charge in [0.15, 0.2) is 0 Å². The van der Waals surface area contributed by atoms with Gasteiger partial charge in [-0.05, 0) is 27.2 Å². The number of carbonyl (C=O) groups excluding carboxylic acids is 2. The minimum Gasteiger partial charge on any atom is -0.324 e. The molecular formula is C14H22N6O2. The van der Waals surface area contributed by atoms with Gasteiger partial charge in [-0.15, -0.1) is 0 Å². The number of hydrogen-bond donors (Lipinski definition) is 2. The first-order valence-corrected chi connectivity index (χ1v) is 7.64. The predicted molar refractivity (Wildman–Crippen MR) is 79.2 cm³/mol. The lowest BCUT2D eigenvalue weighted by Crippen LogP contribution is -2.44. The smallest absolute Gasteiger partial charge is 0.324 e. The molecular weight excluding hydrogens is 284 g/mol. The van der Waals surface area contributed by atoms with Gasteiger partial charge in [-0.3, -0.25) is 9.69 Å². The molecule has 22 heavy (non-hydrogen) atoms. The molecule has 1 aromatic rings. The highest BCUT2D eigenvalue weighted by Gasteiger charge is 2.43. The van der Waals surface area contributed by atoms with Crippen molar-refractivity contribution in [2.45, 2.75) is 51.7 Å². The van der Waals surface area contributed by atoms with E-state index in [0.29, 0.717) is 19.1 Å². The largest absolute Gasteiger partial charge is 0.325 e. The fourth-order valence-corrected chi connectivity index (χ4v) is 3.00. The standard InChI is InChI=1S/C14H22N6O2/c1-9-16-11-5-4-10(8-20(11)18-9)15-6-7-19-12(21)14(2,3)17-13(19)22/h10,15H,4-8H2,1-3H3,(H,17,22)/t10-/m0/s1. The molecule has 0 spiro atoms. The lowest BCUT2D eigenvalue weighted by Gasteiger charge is -2.24. The number of aromatic nitrogens is 3. The Kier molecular flexibility index (Phi) is 3.64. The SMILES string of the molecule is Cc1nc2n(n1)C[C@@H](NCCN1C(=O)NC(C)(C)C1=O)CC2. The van der Waals surface area contributed by atoms with Gasteiger partial charge in [-0.2, -0.15) is 5.10 Å². The molecule has 8 heteroatoms. The summed E-state index contributed by atoms with van der Waals surface area (Å²) < 4.78 is 1.94. The number of fused-ring (bicyclic) bond motifs is 1. The Balaban J connectivity index is 1.50. The van der Waals surface area contributed by atoms with Crippen molar-refractivity contribution < 1.29 is 9.59 Å². The molecule has 1 atom stereocenters. The second-order valence-electron chi connectivity index (χ2n) is 6.46. The van der Waals surface area contributed by atoms with Crippen molar-refractivity contribution in [2.24, 2.45) is 0 Å². The third-order valence-electron chi connectivity index (χ3n) is 4.18. The van der Waals surface area contributed by atoms with Crippen LogP contribution in [0.1, 0.15) is 31.9 Å². The molecule has 0 bridgehead atoms. The second kappa shape index (κ2) is 5.35. The summed E-state index contributed by atoms with van der Waals surface area (Å²) in [6, 6.07) is -0.0167. The summed E-state index contributed by atoms with van der Waals surface area (Å²) in [5, 5.41) is 10.5. The van der Waals surface area contributed by atoms with E-state index in [-0.39, 0.29) is 11.9 Å². The van der Waals surface area contributed by atoms with Crippen LogP contribution in [-0.2, 0) is 17.8 Å². The molecule has 8 nitrogen and oxygen atoms in total. The number of imide groups is 1. The zero-order valence-electron chi connectivity index (χ0n) is 13.2. The molecule has 1 saturated heterocycles. The van der Waals surface area contributed by atoms with Gasteiger partial charge in [0.05, 0.1) is 6.54 Å². The van der Waals surface area contributed by atoms with Crippen molar-refractivity contribution in [3.8, 4) is 0 Å². The Hall–Kier alpha value is -1.96. The summed E-state index contributed by atoms with van der Waals surface area (Å²) in [6.45, 7) is 7.08.